The molecule has 1 rings (SSSR count). The van der Waals surface area contributed by atoms with Crippen LogP contribution >= 0.6 is 11.6 Å². The van der Waals surface area contributed by atoms with E-state index in [-0.39, 0.29) is 5.88 Å². The van der Waals surface area contributed by atoms with Crippen molar-refractivity contribution in [2.24, 2.45) is 0 Å². The van der Waals surface area contributed by atoms with Gasteiger partial charge in [0.15, 0.2) is 0 Å². The Morgan fingerprint density at radius 2 is 2.14 bits per heavy atom. The van der Waals surface area contributed by atoms with Crippen LogP contribution in [-0.2, 0) is 4.79 Å². The fourth-order valence-electron chi connectivity index (χ4n) is 1.02. The highest BCUT2D eigenvalue weighted by molar-refractivity contribution is 6.28. The van der Waals surface area contributed by atoms with Crippen molar-refractivity contribution in [3.8, 4) is 0 Å². The number of amides is 2. The SMILES string of the molecule is Cc1cccc(C(=O)NC(=O)CCl)c1. The van der Waals surface area contributed by atoms with Gasteiger partial charge in [0, 0.05) is 5.56 Å². The van der Waals surface area contributed by atoms with Gasteiger partial charge < -0.3 is 0 Å². The van der Waals surface area contributed by atoms with Crippen molar-refractivity contribution in [2.45, 2.75) is 6.92 Å². The van der Waals surface area contributed by atoms with Crippen molar-refractivity contribution >= 4 is 23.4 Å². The predicted octanol–water partition coefficient (Wildman–Crippen LogP) is 1.49. The first-order chi connectivity index (χ1) is 6.63. The van der Waals surface area contributed by atoms with Gasteiger partial charge in [0.2, 0.25) is 5.91 Å². The molecule has 14 heavy (non-hydrogen) atoms. The third-order valence-corrected chi connectivity index (χ3v) is 1.90. The van der Waals surface area contributed by atoms with Crippen LogP contribution in [0.4, 0.5) is 0 Å². The Morgan fingerprint density at radius 3 is 2.71 bits per heavy atom. The molecule has 0 saturated carbocycles. The highest BCUT2D eigenvalue weighted by atomic mass is 35.5. The maximum absolute atomic E-state index is 11.4. The van der Waals surface area contributed by atoms with E-state index in [9.17, 15) is 9.59 Å². The summed E-state index contributed by atoms with van der Waals surface area (Å²) < 4.78 is 0. The van der Waals surface area contributed by atoms with Crippen LogP contribution in [0.3, 0.4) is 0 Å². The summed E-state index contributed by atoms with van der Waals surface area (Å²) in [6.07, 6.45) is 0. The molecule has 0 fully saturated rings. The summed E-state index contributed by atoms with van der Waals surface area (Å²) in [5.41, 5.74) is 1.43. The average molecular weight is 212 g/mol. The summed E-state index contributed by atoms with van der Waals surface area (Å²) in [5.74, 6) is -1.12. The van der Waals surface area contributed by atoms with Crippen molar-refractivity contribution in [1.82, 2.24) is 5.32 Å². The van der Waals surface area contributed by atoms with Crippen LogP contribution in [0, 0.1) is 6.92 Å². The number of hydrogen-bond donors (Lipinski definition) is 1. The number of rotatable bonds is 2. The third kappa shape index (κ3) is 2.85. The molecular formula is C10H10ClNO2. The van der Waals surface area contributed by atoms with Crippen molar-refractivity contribution in [3.63, 3.8) is 0 Å². The molecular weight excluding hydrogens is 202 g/mol. The number of hydrogen-bond acceptors (Lipinski definition) is 2. The van der Waals surface area contributed by atoms with Crippen LogP contribution in [0.2, 0.25) is 0 Å². The van der Waals surface area contributed by atoms with Gasteiger partial charge in [-0.3, -0.25) is 14.9 Å². The summed E-state index contributed by atoms with van der Waals surface area (Å²) >= 11 is 5.25. The normalized spacial score (nSPS) is 9.57. The molecule has 0 spiro atoms. The molecule has 0 heterocycles. The average Bonchev–Trinajstić information content (AvgIpc) is 2.17. The summed E-state index contributed by atoms with van der Waals surface area (Å²) in [5, 5.41) is 2.16. The lowest BCUT2D eigenvalue weighted by molar-refractivity contribution is -0.117. The smallest absolute Gasteiger partial charge is 0.257 e. The molecule has 0 bridgehead atoms. The number of halogens is 1. The van der Waals surface area contributed by atoms with Gasteiger partial charge in [-0.2, -0.15) is 0 Å². The van der Waals surface area contributed by atoms with E-state index in [1.165, 1.54) is 0 Å². The number of aryl methyl sites for hydroxylation is 1. The van der Waals surface area contributed by atoms with Gasteiger partial charge in [-0.05, 0) is 19.1 Å². The molecule has 2 amide bonds. The third-order valence-electron chi connectivity index (χ3n) is 1.65. The maximum Gasteiger partial charge on any atom is 0.257 e. The molecule has 0 radical (unpaired) electrons. The van der Waals surface area contributed by atoms with E-state index >= 15 is 0 Å². The summed E-state index contributed by atoms with van der Waals surface area (Å²) in [4.78, 5) is 22.2. The fourth-order valence-corrected chi connectivity index (χ4v) is 1.09. The number of benzene rings is 1. The molecule has 1 aromatic carbocycles. The fraction of sp³-hybridized carbons (Fsp3) is 0.200. The van der Waals surface area contributed by atoms with Crippen LogP contribution < -0.4 is 5.32 Å². The van der Waals surface area contributed by atoms with Crippen molar-refractivity contribution in [2.75, 3.05) is 5.88 Å². The second kappa shape index (κ2) is 4.77. The molecule has 0 aliphatic carbocycles. The Balaban J connectivity index is 2.75. The lowest BCUT2D eigenvalue weighted by Gasteiger charge is -2.02. The van der Waals surface area contributed by atoms with Crippen molar-refractivity contribution in [3.05, 3.63) is 35.4 Å². The quantitative estimate of drug-likeness (QED) is 0.754. The minimum atomic E-state index is -0.488. The van der Waals surface area contributed by atoms with Gasteiger partial charge in [0.1, 0.15) is 5.88 Å². The molecule has 4 heteroatoms. The largest absolute Gasteiger partial charge is 0.291 e. The predicted molar refractivity (Wildman–Crippen MR) is 54.4 cm³/mol. The number of nitrogens with one attached hydrogen (secondary N) is 1. The molecule has 0 unspecified atom stereocenters. The number of imide groups is 1. The second-order valence-electron chi connectivity index (χ2n) is 2.88. The van der Waals surface area contributed by atoms with Gasteiger partial charge in [0.05, 0.1) is 0 Å². The summed E-state index contributed by atoms with van der Waals surface area (Å²) in [7, 11) is 0. The van der Waals surface area contributed by atoms with Crippen LogP contribution in [0.1, 0.15) is 15.9 Å². The lowest BCUT2D eigenvalue weighted by Crippen LogP contribution is -2.31. The number of carbonyl (C=O) groups is 2. The Kier molecular flexibility index (Phi) is 3.65. The van der Waals surface area contributed by atoms with Gasteiger partial charge >= 0.3 is 0 Å². The van der Waals surface area contributed by atoms with E-state index in [4.69, 9.17) is 11.6 Å². The Labute approximate surface area is 87.1 Å². The van der Waals surface area contributed by atoms with E-state index < -0.39 is 11.8 Å². The first kappa shape index (κ1) is 10.7. The molecule has 3 nitrogen and oxygen atoms in total. The van der Waals surface area contributed by atoms with Crippen LogP contribution in [-0.4, -0.2) is 17.7 Å². The molecule has 0 aliphatic heterocycles. The highest BCUT2D eigenvalue weighted by Gasteiger charge is 2.08. The molecule has 74 valence electrons. The molecule has 1 aromatic rings. The first-order valence-electron chi connectivity index (χ1n) is 4.10. The van der Waals surface area contributed by atoms with Crippen LogP contribution in [0.5, 0.6) is 0 Å². The number of alkyl halides is 1. The first-order valence-corrected chi connectivity index (χ1v) is 4.63. The van der Waals surface area contributed by atoms with E-state index in [1.807, 2.05) is 13.0 Å². The molecule has 0 aliphatic rings. The maximum atomic E-state index is 11.4. The molecule has 0 atom stereocenters. The minimum absolute atomic E-state index is 0.211. The van der Waals surface area contributed by atoms with E-state index in [2.05, 4.69) is 5.32 Å². The lowest BCUT2D eigenvalue weighted by atomic mass is 10.1. The van der Waals surface area contributed by atoms with Gasteiger partial charge in [-0.15, -0.1) is 11.6 Å². The topological polar surface area (TPSA) is 46.2 Å². The van der Waals surface area contributed by atoms with Crippen molar-refractivity contribution in [1.29, 1.82) is 0 Å². The summed E-state index contributed by atoms with van der Waals surface area (Å²) in [6.45, 7) is 1.88. The second-order valence-corrected chi connectivity index (χ2v) is 3.15. The summed E-state index contributed by atoms with van der Waals surface area (Å²) in [6, 6.07) is 6.98. The van der Waals surface area contributed by atoms with Gasteiger partial charge in [-0.1, -0.05) is 17.7 Å². The molecule has 1 N–H and O–H groups in total. The molecule has 0 saturated heterocycles. The Bertz CT molecular complexity index is 363. The zero-order chi connectivity index (χ0) is 10.6. The Hall–Kier alpha value is -1.35. The Morgan fingerprint density at radius 1 is 1.43 bits per heavy atom. The minimum Gasteiger partial charge on any atom is -0.291 e. The van der Waals surface area contributed by atoms with E-state index in [1.54, 1.807) is 18.2 Å². The zero-order valence-electron chi connectivity index (χ0n) is 7.71. The monoisotopic (exact) mass is 211 g/mol. The van der Waals surface area contributed by atoms with E-state index in [0.717, 1.165) is 5.56 Å². The van der Waals surface area contributed by atoms with Crippen LogP contribution in [0.15, 0.2) is 24.3 Å². The van der Waals surface area contributed by atoms with Gasteiger partial charge in [0.25, 0.3) is 5.91 Å². The zero-order valence-corrected chi connectivity index (χ0v) is 8.47. The highest BCUT2D eigenvalue weighted by Crippen LogP contribution is 2.03. The van der Waals surface area contributed by atoms with Crippen molar-refractivity contribution < 1.29 is 9.59 Å². The van der Waals surface area contributed by atoms with Crippen LogP contribution in [0.25, 0.3) is 0 Å². The standard InChI is InChI=1S/C10H10ClNO2/c1-7-3-2-4-8(5-7)10(14)12-9(13)6-11/h2-5H,6H2,1H3,(H,12,13,14). The molecule has 0 aromatic heterocycles. The van der Waals surface area contributed by atoms with E-state index in [0.29, 0.717) is 5.56 Å². The van der Waals surface area contributed by atoms with Gasteiger partial charge in [-0.25, -0.2) is 0 Å². The number of carbonyl (C=O) groups excluding carboxylic acids is 2.